The van der Waals surface area contributed by atoms with Gasteiger partial charge in [0.1, 0.15) is 18.9 Å². The monoisotopic (exact) mass is 492 g/mol. The number of nitrogens with one attached hydrogen (secondary N) is 1. The maximum atomic E-state index is 13.1. The molecule has 1 aliphatic rings. The Labute approximate surface area is 213 Å². The molecule has 0 spiro atoms. The van der Waals surface area contributed by atoms with Gasteiger partial charge >= 0.3 is 5.97 Å². The van der Waals surface area contributed by atoms with E-state index < -0.39 is 11.9 Å². The van der Waals surface area contributed by atoms with Crippen molar-refractivity contribution in [1.29, 1.82) is 0 Å². The fraction of sp³-hybridized carbons (Fsp3) is 0.414. The standard InChI is InChI=1S/C29H36N2O5/c1-5-35-29(34)28-21(4)31(18-26(32)30-16-15-20(2)3)27(33)17-25(28)23-11-13-24(14-12-23)36-19-22-9-7-6-8-10-22/h6-14,20,25H,5,15-19H2,1-4H3,(H,30,32). The summed E-state index contributed by atoms with van der Waals surface area (Å²) < 4.78 is 11.2. The summed E-state index contributed by atoms with van der Waals surface area (Å²) in [6.45, 7) is 8.71. The Morgan fingerprint density at radius 1 is 1.08 bits per heavy atom. The van der Waals surface area contributed by atoms with E-state index in [4.69, 9.17) is 9.47 Å². The summed E-state index contributed by atoms with van der Waals surface area (Å²) in [4.78, 5) is 39.9. The lowest BCUT2D eigenvalue weighted by Crippen LogP contribution is -2.44. The molecule has 0 saturated heterocycles. The molecule has 2 aromatic carbocycles. The lowest BCUT2D eigenvalue weighted by atomic mass is 9.83. The van der Waals surface area contributed by atoms with E-state index in [0.29, 0.717) is 36.1 Å². The number of ether oxygens (including phenoxy) is 2. The quantitative estimate of drug-likeness (QED) is 0.464. The van der Waals surface area contributed by atoms with Gasteiger partial charge in [-0.2, -0.15) is 0 Å². The van der Waals surface area contributed by atoms with E-state index in [9.17, 15) is 14.4 Å². The molecule has 0 fully saturated rings. The van der Waals surface area contributed by atoms with Gasteiger partial charge in [0, 0.05) is 24.6 Å². The fourth-order valence-corrected chi connectivity index (χ4v) is 4.20. The summed E-state index contributed by atoms with van der Waals surface area (Å²) in [6, 6.07) is 17.3. The minimum absolute atomic E-state index is 0.0784. The van der Waals surface area contributed by atoms with Crippen molar-refractivity contribution in [3.8, 4) is 5.75 Å². The zero-order valence-electron chi connectivity index (χ0n) is 21.6. The lowest BCUT2D eigenvalue weighted by Gasteiger charge is -2.34. The third kappa shape index (κ3) is 7.20. The van der Waals surface area contributed by atoms with Crippen molar-refractivity contribution in [3.05, 3.63) is 77.0 Å². The van der Waals surface area contributed by atoms with E-state index in [1.54, 1.807) is 13.8 Å². The predicted octanol–water partition coefficient (Wildman–Crippen LogP) is 4.58. The van der Waals surface area contributed by atoms with E-state index >= 15 is 0 Å². The first kappa shape index (κ1) is 27.0. The maximum Gasteiger partial charge on any atom is 0.336 e. The Hall–Kier alpha value is -3.61. The van der Waals surface area contributed by atoms with Gasteiger partial charge in [-0.25, -0.2) is 4.79 Å². The maximum absolute atomic E-state index is 13.1. The van der Waals surface area contributed by atoms with Gasteiger partial charge in [0.25, 0.3) is 0 Å². The Morgan fingerprint density at radius 3 is 2.42 bits per heavy atom. The van der Waals surface area contributed by atoms with Crippen LogP contribution in [0.5, 0.6) is 5.75 Å². The number of esters is 1. The van der Waals surface area contributed by atoms with E-state index in [1.807, 2.05) is 54.6 Å². The highest BCUT2D eigenvalue weighted by Gasteiger charge is 2.37. The molecule has 3 rings (SSSR count). The molecular formula is C29H36N2O5. The van der Waals surface area contributed by atoms with E-state index in [2.05, 4.69) is 19.2 Å². The minimum atomic E-state index is -0.470. The molecule has 0 radical (unpaired) electrons. The van der Waals surface area contributed by atoms with Crippen LogP contribution in [-0.2, 0) is 25.7 Å². The minimum Gasteiger partial charge on any atom is -0.489 e. The Bertz CT molecular complexity index is 1080. The van der Waals surface area contributed by atoms with Crippen LogP contribution in [-0.4, -0.2) is 42.4 Å². The van der Waals surface area contributed by atoms with Crippen LogP contribution in [0.2, 0.25) is 0 Å². The average molecular weight is 493 g/mol. The van der Waals surface area contributed by atoms with E-state index in [1.165, 1.54) is 4.90 Å². The molecular weight excluding hydrogens is 456 g/mol. The summed E-state index contributed by atoms with van der Waals surface area (Å²) in [7, 11) is 0. The van der Waals surface area contributed by atoms with Gasteiger partial charge in [-0.1, -0.05) is 56.3 Å². The summed E-state index contributed by atoms with van der Waals surface area (Å²) in [5.41, 5.74) is 2.75. The molecule has 0 aromatic heterocycles. The molecule has 1 unspecified atom stereocenters. The molecule has 1 atom stereocenters. The van der Waals surface area contributed by atoms with Crippen molar-refractivity contribution in [1.82, 2.24) is 10.2 Å². The smallest absolute Gasteiger partial charge is 0.336 e. The molecule has 1 N–H and O–H groups in total. The zero-order chi connectivity index (χ0) is 26.1. The molecule has 1 aliphatic heterocycles. The highest BCUT2D eigenvalue weighted by molar-refractivity contribution is 5.97. The number of carbonyl (C=O) groups excluding carboxylic acids is 3. The number of nitrogens with zero attached hydrogens (tertiary/aromatic N) is 1. The number of rotatable bonds is 11. The largest absolute Gasteiger partial charge is 0.489 e. The van der Waals surface area contributed by atoms with Crippen LogP contribution in [0.1, 0.15) is 57.6 Å². The molecule has 0 bridgehead atoms. The van der Waals surface area contributed by atoms with Crippen LogP contribution in [0.4, 0.5) is 0 Å². The fourth-order valence-electron chi connectivity index (χ4n) is 4.20. The van der Waals surface area contributed by atoms with Crippen LogP contribution >= 0.6 is 0 Å². The molecule has 7 nitrogen and oxygen atoms in total. The van der Waals surface area contributed by atoms with Crippen molar-refractivity contribution in [3.63, 3.8) is 0 Å². The number of carbonyl (C=O) groups is 3. The second-order valence-electron chi connectivity index (χ2n) is 9.33. The van der Waals surface area contributed by atoms with E-state index in [0.717, 1.165) is 17.5 Å². The molecule has 0 saturated carbocycles. The number of allylic oxidation sites excluding steroid dienone is 1. The van der Waals surface area contributed by atoms with Crippen LogP contribution < -0.4 is 10.1 Å². The summed E-state index contributed by atoms with van der Waals surface area (Å²) in [5.74, 6) is -0.210. The van der Waals surface area contributed by atoms with Crippen molar-refractivity contribution in [2.45, 2.75) is 53.1 Å². The Balaban J connectivity index is 1.78. The average Bonchev–Trinajstić information content (AvgIpc) is 2.86. The molecule has 2 aromatic rings. The predicted molar refractivity (Wildman–Crippen MR) is 138 cm³/mol. The number of amides is 2. The van der Waals surface area contributed by atoms with Crippen LogP contribution in [0.3, 0.4) is 0 Å². The van der Waals surface area contributed by atoms with Gasteiger partial charge in [0.2, 0.25) is 11.8 Å². The van der Waals surface area contributed by atoms with Crippen LogP contribution in [0.15, 0.2) is 65.9 Å². The highest BCUT2D eigenvalue weighted by atomic mass is 16.5. The van der Waals surface area contributed by atoms with Crippen LogP contribution in [0, 0.1) is 5.92 Å². The number of benzene rings is 2. The topological polar surface area (TPSA) is 84.9 Å². The highest BCUT2D eigenvalue weighted by Crippen LogP contribution is 2.37. The first-order chi connectivity index (χ1) is 17.3. The van der Waals surface area contributed by atoms with Crippen molar-refractivity contribution < 1.29 is 23.9 Å². The molecule has 0 aliphatic carbocycles. The van der Waals surface area contributed by atoms with Gasteiger partial charge in [-0.05, 0) is 49.4 Å². The summed E-state index contributed by atoms with van der Waals surface area (Å²) >= 11 is 0. The lowest BCUT2D eigenvalue weighted by molar-refractivity contribution is -0.141. The molecule has 1 heterocycles. The van der Waals surface area contributed by atoms with Crippen LogP contribution in [0.25, 0.3) is 0 Å². The van der Waals surface area contributed by atoms with Gasteiger partial charge in [-0.3, -0.25) is 9.59 Å². The van der Waals surface area contributed by atoms with Crippen molar-refractivity contribution in [2.75, 3.05) is 19.7 Å². The second kappa shape index (κ2) is 12.9. The molecule has 36 heavy (non-hydrogen) atoms. The first-order valence-electron chi connectivity index (χ1n) is 12.5. The summed E-state index contributed by atoms with van der Waals surface area (Å²) in [6.07, 6.45) is 0.935. The zero-order valence-corrected chi connectivity index (χ0v) is 21.6. The summed E-state index contributed by atoms with van der Waals surface area (Å²) in [5, 5.41) is 2.86. The Kier molecular flexibility index (Phi) is 9.68. The van der Waals surface area contributed by atoms with E-state index in [-0.39, 0.29) is 31.4 Å². The van der Waals surface area contributed by atoms with Crippen molar-refractivity contribution in [2.24, 2.45) is 5.92 Å². The number of hydrogen-bond donors (Lipinski definition) is 1. The van der Waals surface area contributed by atoms with Crippen molar-refractivity contribution >= 4 is 17.8 Å². The van der Waals surface area contributed by atoms with Gasteiger partial charge < -0.3 is 19.7 Å². The van der Waals surface area contributed by atoms with Gasteiger partial charge in [0.15, 0.2) is 0 Å². The second-order valence-corrected chi connectivity index (χ2v) is 9.33. The third-order valence-corrected chi connectivity index (χ3v) is 6.19. The molecule has 192 valence electrons. The normalized spacial score (nSPS) is 15.8. The first-order valence-corrected chi connectivity index (χ1v) is 12.5. The number of hydrogen-bond acceptors (Lipinski definition) is 5. The molecule has 2 amide bonds. The van der Waals surface area contributed by atoms with Gasteiger partial charge in [0.05, 0.1) is 12.2 Å². The SMILES string of the molecule is CCOC(=O)C1=C(C)N(CC(=O)NCCC(C)C)C(=O)CC1c1ccc(OCc2ccccc2)cc1. The third-order valence-electron chi connectivity index (χ3n) is 6.19. The molecule has 7 heteroatoms. The van der Waals surface area contributed by atoms with Gasteiger partial charge in [-0.15, -0.1) is 0 Å². The Morgan fingerprint density at radius 2 is 1.78 bits per heavy atom.